The first kappa shape index (κ1) is 30.8. The highest BCUT2D eigenvalue weighted by Gasteiger charge is 2.34. The lowest BCUT2D eigenvalue weighted by Crippen LogP contribution is -2.39. The lowest BCUT2D eigenvalue weighted by molar-refractivity contribution is -0.139. The lowest BCUT2D eigenvalue weighted by atomic mass is 9.95. The first-order valence-corrected chi connectivity index (χ1v) is 15.8. The molecule has 0 saturated carbocycles. The zero-order chi connectivity index (χ0) is 31.7. The van der Waals surface area contributed by atoms with Crippen LogP contribution < -0.4 is 33.8 Å². The van der Waals surface area contributed by atoms with E-state index in [9.17, 15) is 9.59 Å². The number of nitrogens with zero attached hydrogens (tertiary/aromatic N) is 2. The predicted octanol–water partition coefficient (Wildman–Crippen LogP) is 5.81. The third-order valence-corrected chi connectivity index (χ3v) is 8.76. The SMILES string of the molecule is CCOC(=O)C1=C(C)N=c2sc(=Cc3ccc(OCc4ccc(Cl)cc4Cl)c(OCC)c3)c(=O)n2[C@H]1c1ccc2c(c1)OCO2. The van der Waals surface area contributed by atoms with Crippen LogP contribution in [0.3, 0.4) is 0 Å². The first-order valence-electron chi connectivity index (χ1n) is 14.2. The maximum Gasteiger partial charge on any atom is 0.338 e. The Morgan fingerprint density at radius 3 is 2.62 bits per heavy atom. The number of hydrogen-bond donors (Lipinski definition) is 0. The van der Waals surface area contributed by atoms with Crippen molar-refractivity contribution >= 4 is 46.6 Å². The van der Waals surface area contributed by atoms with Gasteiger partial charge in [0.15, 0.2) is 27.8 Å². The summed E-state index contributed by atoms with van der Waals surface area (Å²) in [7, 11) is 0. The molecule has 232 valence electrons. The summed E-state index contributed by atoms with van der Waals surface area (Å²) in [5, 5.41) is 1.05. The molecule has 12 heteroatoms. The molecule has 45 heavy (non-hydrogen) atoms. The average molecular weight is 668 g/mol. The summed E-state index contributed by atoms with van der Waals surface area (Å²) in [5.74, 6) is 1.64. The Bertz CT molecular complexity index is 2020. The maximum atomic E-state index is 14.0. The van der Waals surface area contributed by atoms with Gasteiger partial charge in [0.05, 0.1) is 35.1 Å². The summed E-state index contributed by atoms with van der Waals surface area (Å²) in [6.07, 6.45) is 1.77. The molecule has 0 bridgehead atoms. The quantitative estimate of drug-likeness (QED) is 0.208. The van der Waals surface area contributed by atoms with Gasteiger partial charge in [0.25, 0.3) is 5.56 Å². The fourth-order valence-electron chi connectivity index (χ4n) is 5.14. The molecule has 1 atom stereocenters. The lowest BCUT2D eigenvalue weighted by Gasteiger charge is -2.24. The summed E-state index contributed by atoms with van der Waals surface area (Å²) in [5.41, 5.74) is 2.64. The third kappa shape index (κ3) is 6.18. The molecule has 2 aliphatic heterocycles. The molecule has 3 heterocycles. The molecule has 0 N–H and O–H groups in total. The summed E-state index contributed by atoms with van der Waals surface area (Å²) in [4.78, 5) is 32.3. The number of carbonyl (C=O) groups excluding carboxylic acids is 1. The second kappa shape index (κ2) is 13.0. The molecule has 4 aromatic rings. The Morgan fingerprint density at radius 1 is 1.02 bits per heavy atom. The number of esters is 1. The van der Waals surface area contributed by atoms with Crippen LogP contribution in [0.2, 0.25) is 10.0 Å². The van der Waals surface area contributed by atoms with Gasteiger partial charge in [0, 0.05) is 15.6 Å². The van der Waals surface area contributed by atoms with E-state index in [0.29, 0.717) is 60.2 Å². The fraction of sp³-hybridized carbons (Fsp3) is 0.242. The van der Waals surface area contributed by atoms with E-state index >= 15 is 0 Å². The second-order valence-electron chi connectivity index (χ2n) is 10.1. The van der Waals surface area contributed by atoms with E-state index in [4.69, 9.17) is 46.9 Å². The molecular formula is C33H28Cl2N2O7S. The summed E-state index contributed by atoms with van der Waals surface area (Å²) in [6.45, 7) is 6.27. The van der Waals surface area contributed by atoms with Gasteiger partial charge in [-0.05, 0) is 74.4 Å². The van der Waals surface area contributed by atoms with Gasteiger partial charge in [-0.3, -0.25) is 9.36 Å². The van der Waals surface area contributed by atoms with E-state index in [1.165, 1.54) is 15.9 Å². The summed E-state index contributed by atoms with van der Waals surface area (Å²) >= 11 is 13.6. The highest BCUT2D eigenvalue weighted by molar-refractivity contribution is 7.07. The van der Waals surface area contributed by atoms with Crippen molar-refractivity contribution in [1.82, 2.24) is 4.57 Å². The van der Waals surface area contributed by atoms with Crippen molar-refractivity contribution in [3.63, 3.8) is 0 Å². The molecule has 6 rings (SSSR count). The van der Waals surface area contributed by atoms with E-state index in [2.05, 4.69) is 4.99 Å². The summed E-state index contributed by atoms with van der Waals surface area (Å²) < 4.78 is 30.3. The molecule has 0 saturated heterocycles. The van der Waals surface area contributed by atoms with Crippen LogP contribution in [-0.2, 0) is 16.1 Å². The standard InChI is InChI=1S/C33H28Cl2N2O7S/c1-4-40-26-12-19(6-10-24(26)42-16-21-7-9-22(34)15-23(21)35)13-28-31(38)37-30(20-8-11-25-27(14-20)44-17-43-25)29(32(39)41-5-2)18(3)36-33(37)45-28/h6-15,30H,4-5,16-17H2,1-3H3/t30-/m0/s1. The molecule has 2 aliphatic rings. The number of benzene rings is 3. The van der Waals surface area contributed by atoms with Crippen molar-refractivity contribution in [3.05, 3.63) is 112 Å². The van der Waals surface area contributed by atoms with Crippen LogP contribution in [0, 0.1) is 0 Å². The van der Waals surface area contributed by atoms with Crippen molar-refractivity contribution in [2.75, 3.05) is 20.0 Å². The number of rotatable bonds is 9. The number of fused-ring (bicyclic) bond motifs is 2. The van der Waals surface area contributed by atoms with E-state index in [1.807, 2.05) is 31.2 Å². The molecule has 0 radical (unpaired) electrons. The van der Waals surface area contributed by atoms with Crippen molar-refractivity contribution in [3.8, 4) is 23.0 Å². The largest absolute Gasteiger partial charge is 0.490 e. The minimum atomic E-state index is -0.772. The van der Waals surface area contributed by atoms with Gasteiger partial charge in [-0.1, -0.05) is 52.7 Å². The van der Waals surface area contributed by atoms with E-state index < -0.39 is 12.0 Å². The molecule has 0 aliphatic carbocycles. The van der Waals surface area contributed by atoms with Crippen LogP contribution in [0.15, 0.2) is 75.7 Å². The van der Waals surface area contributed by atoms with Crippen molar-refractivity contribution in [2.24, 2.45) is 4.99 Å². The Hall–Kier alpha value is -4.25. The monoisotopic (exact) mass is 666 g/mol. The van der Waals surface area contributed by atoms with Crippen LogP contribution >= 0.6 is 34.5 Å². The third-order valence-electron chi connectivity index (χ3n) is 7.19. The molecular weight excluding hydrogens is 639 g/mol. The van der Waals surface area contributed by atoms with Gasteiger partial charge in [0.2, 0.25) is 6.79 Å². The van der Waals surface area contributed by atoms with Crippen molar-refractivity contribution < 1.29 is 28.5 Å². The topological polar surface area (TPSA) is 97.6 Å². The zero-order valence-electron chi connectivity index (χ0n) is 24.6. The minimum Gasteiger partial charge on any atom is -0.490 e. The van der Waals surface area contributed by atoms with E-state index in [-0.39, 0.29) is 31.1 Å². The predicted molar refractivity (Wildman–Crippen MR) is 171 cm³/mol. The van der Waals surface area contributed by atoms with Gasteiger partial charge in [-0.2, -0.15) is 0 Å². The number of thiazole rings is 1. The normalized spacial score (nSPS) is 15.5. The van der Waals surface area contributed by atoms with E-state index in [1.54, 1.807) is 50.3 Å². The Kier molecular flexibility index (Phi) is 8.89. The number of ether oxygens (including phenoxy) is 5. The van der Waals surface area contributed by atoms with E-state index in [0.717, 1.165) is 11.1 Å². The van der Waals surface area contributed by atoms with Gasteiger partial charge < -0.3 is 23.7 Å². The molecule has 1 aromatic heterocycles. The zero-order valence-corrected chi connectivity index (χ0v) is 26.9. The van der Waals surface area contributed by atoms with Crippen LogP contribution in [-0.4, -0.2) is 30.5 Å². The van der Waals surface area contributed by atoms with Gasteiger partial charge >= 0.3 is 5.97 Å². The van der Waals surface area contributed by atoms with Crippen LogP contribution in [0.5, 0.6) is 23.0 Å². The average Bonchev–Trinajstić information content (AvgIpc) is 3.60. The molecule has 0 spiro atoms. The smallest absolute Gasteiger partial charge is 0.338 e. The van der Waals surface area contributed by atoms with Crippen molar-refractivity contribution in [2.45, 2.75) is 33.4 Å². The van der Waals surface area contributed by atoms with Crippen LogP contribution in [0.1, 0.15) is 43.5 Å². The molecule has 0 unspecified atom stereocenters. The number of aromatic nitrogens is 1. The van der Waals surface area contributed by atoms with Gasteiger partial charge in [0.1, 0.15) is 6.61 Å². The molecule has 3 aromatic carbocycles. The highest BCUT2D eigenvalue weighted by Crippen LogP contribution is 2.38. The Morgan fingerprint density at radius 2 is 1.84 bits per heavy atom. The maximum absolute atomic E-state index is 14.0. The number of halogens is 2. The molecule has 0 amide bonds. The number of allylic oxidation sites excluding steroid dienone is 1. The summed E-state index contributed by atoms with van der Waals surface area (Å²) in [6, 6.07) is 15.3. The van der Waals surface area contributed by atoms with Gasteiger partial charge in [-0.25, -0.2) is 9.79 Å². The fourth-order valence-corrected chi connectivity index (χ4v) is 6.65. The Balaban J connectivity index is 1.39. The first-order chi connectivity index (χ1) is 21.8. The Labute approximate surface area is 272 Å². The van der Waals surface area contributed by atoms with Crippen LogP contribution in [0.25, 0.3) is 6.08 Å². The van der Waals surface area contributed by atoms with Crippen molar-refractivity contribution in [1.29, 1.82) is 0 Å². The molecule has 0 fully saturated rings. The van der Waals surface area contributed by atoms with Gasteiger partial charge in [-0.15, -0.1) is 0 Å². The minimum absolute atomic E-state index is 0.101. The number of carbonyl (C=O) groups is 1. The number of hydrogen-bond acceptors (Lipinski definition) is 9. The molecule has 9 nitrogen and oxygen atoms in total. The highest BCUT2D eigenvalue weighted by atomic mass is 35.5. The second-order valence-corrected chi connectivity index (χ2v) is 11.9. The van der Waals surface area contributed by atoms with Crippen LogP contribution in [0.4, 0.5) is 0 Å².